The van der Waals surface area contributed by atoms with E-state index in [1.807, 2.05) is 25.2 Å². The lowest BCUT2D eigenvalue weighted by Gasteiger charge is -2.29. The third-order valence-electron chi connectivity index (χ3n) is 3.36. The molecule has 92 valence electrons. The molecule has 1 aromatic carbocycles. The van der Waals surface area contributed by atoms with Gasteiger partial charge in [-0.2, -0.15) is 0 Å². The average Bonchev–Trinajstić information content (AvgIpc) is 2.32. The van der Waals surface area contributed by atoms with Crippen LogP contribution in [-0.4, -0.2) is 30.6 Å². The molecule has 1 saturated carbocycles. The molecule has 3 nitrogen and oxygen atoms in total. The van der Waals surface area contributed by atoms with Gasteiger partial charge in [0.15, 0.2) is 0 Å². The third-order valence-corrected chi connectivity index (χ3v) is 3.36. The van der Waals surface area contributed by atoms with Crippen LogP contribution in [0.3, 0.4) is 0 Å². The number of urea groups is 1. The highest BCUT2D eigenvalue weighted by atomic mass is 16.2. The fraction of sp³-hybridized carbons (Fsp3) is 0.500. The van der Waals surface area contributed by atoms with Crippen molar-refractivity contribution in [2.75, 3.05) is 13.6 Å². The van der Waals surface area contributed by atoms with Gasteiger partial charge in [0, 0.05) is 19.6 Å². The molecule has 3 heteroatoms. The van der Waals surface area contributed by atoms with Crippen LogP contribution in [0.2, 0.25) is 0 Å². The minimum absolute atomic E-state index is 0.0608. The molecule has 0 bridgehead atoms. The number of nitrogens with zero attached hydrogens (tertiary/aromatic N) is 1. The molecule has 0 atom stereocenters. The van der Waals surface area contributed by atoms with Gasteiger partial charge >= 0.3 is 6.03 Å². The Hall–Kier alpha value is -1.51. The first-order valence-corrected chi connectivity index (χ1v) is 6.31. The molecule has 0 spiro atoms. The van der Waals surface area contributed by atoms with Gasteiger partial charge in [-0.1, -0.05) is 30.3 Å². The molecule has 2 rings (SSSR count). The highest BCUT2D eigenvalue weighted by molar-refractivity contribution is 5.74. The van der Waals surface area contributed by atoms with Crippen LogP contribution in [0, 0.1) is 0 Å². The molecule has 0 heterocycles. The molecular weight excluding hydrogens is 212 g/mol. The minimum Gasteiger partial charge on any atom is -0.335 e. The summed E-state index contributed by atoms with van der Waals surface area (Å²) < 4.78 is 0. The number of nitrogens with one attached hydrogen (secondary N) is 1. The van der Waals surface area contributed by atoms with Gasteiger partial charge in [0.25, 0.3) is 0 Å². The Labute approximate surface area is 103 Å². The van der Waals surface area contributed by atoms with E-state index in [2.05, 4.69) is 17.4 Å². The second-order valence-electron chi connectivity index (χ2n) is 4.73. The monoisotopic (exact) mass is 232 g/mol. The van der Waals surface area contributed by atoms with Gasteiger partial charge in [-0.25, -0.2) is 4.79 Å². The van der Waals surface area contributed by atoms with Crippen molar-refractivity contribution in [3.63, 3.8) is 0 Å². The van der Waals surface area contributed by atoms with E-state index in [1.54, 1.807) is 4.90 Å². The lowest BCUT2D eigenvalue weighted by molar-refractivity contribution is 0.197. The van der Waals surface area contributed by atoms with Crippen molar-refractivity contribution in [2.45, 2.75) is 31.7 Å². The number of hydrogen-bond donors (Lipinski definition) is 1. The summed E-state index contributed by atoms with van der Waals surface area (Å²) in [6.07, 6.45) is 4.44. The highest BCUT2D eigenvalue weighted by Gasteiger charge is 2.20. The van der Waals surface area contributed by atoms with Crippen LogP contribution < -0.4 is 5.32 Å². The maximum Gasteiger partial charge on any atom is 0.317 e. The number of hydrogen-bond acceptors (Lipinski definition) is 1. The Morgan fingerprint density at radius 3 is 2.65 bits per heavy atom. The molecule has 0 radical (unpaired) electrons. The summed E-state index contributed by atoms with van der Waals surface area (Å²) in [4.78, 5) is 13.6. The van der Waals surface area contributed by atoms with Crippen molar-refractivity contribution >= 4 is 6.03 Å². The highest BCUT2D eigenvalue weighted by Crippen LogP contribution is 2.18. The quantitative estimate of drug-likeness (QED) is 0.849. The Kier molecular flexibility index (Phi) is 4.02. The van der Waals surface area contributed by atoms with E-state index < -0.39 is 0 Å². The molecule has 1 fully saturated rings. The first kappa shape index (κ1) is 12.0. The van der Waals surface area contributed by atoms with Crippen LogP contribution in [0.1, 0.15) is 24.8 Å². The molecule has 1 aliphatic carbocycles. The second-order valence-corrected chi connectivity index (χ2v) is 4.73. The van der Waals surface area contributed by atoms with Crippen LogP contribution >= 0.6 is 0 Å². The molecule has 2 amide bonds. The van der Waals surface area contributed by atoms with Gasteiger partial charge in [0.2, 0.25) is 0 Å². The van der Waals surface area contributed by atoms with E-state index in [0.717, 1.165) is 25.8 Å². The number of rotatable bonds is 4. The zero-order valence-corrected chi connectivity index (χ0v) is 10.4. The van der Waals surface area contributed by atoms with Crippen molar-refractivity contribution in [3.8, 4) is 0 Å². The second kappa shape index (κ2) is 5.71. The molecule has 1 aliphatic rings. The van der Waals surface area contributed by atoms with Crippen LogP contribution in [-0.2, 0) is 6.42 Å². The largest absolute Gasteiger partial charge is 0.335 e. The van der Waals surface area contributed by atoms with Gasteiger partial charge in [-0.3, -0.25) is 0 Å². The van der Waals surface area contributed by atoms with Gasteiger partial charge in [-0.05, 0) is 31.2 Å². The molecule has 0 unspecified atom stereocenters. The Morgan fingerprint density at radius 2 is 2.06 bits per heavy atom. The van der Waals surface area contributed by atoms with Crippen LogP contribution in [0.15, 0.2) is 30.3 Å². The summed E-state index contributed by atoms with van der Waals surface area (Å²) in [5, 5.41) is 3.04. The third kappa shape index (κ3) is 3.48. The van der Waals surface area contributed by atoms with E-state index in [0.29, 0.717) is 6.04 Å². The zero-order valence-electron chi connectivity index (χ0n) is 10.4. The van der Waals surface area contributed by atoms with E-state index in [9.17, 15) is 4.79 Å². The number of carbonyl (C=O) groups excluding carboxylic acids is 1. The first-order chi connectivity index (χ1) is 8.25. The normalized spacial score (nSPS) is 15.1. The summed E-state index contributed by atoms with van der Waals surface area (Å²) in [7, 11) is 1.86. The summed E-state index contributed by atoms with van der Waals surface area (Å²) >= 11 is 0. The first-order valence-electron chi connectivity index (χ1n) is 6.31. The number of amides is 2. The fourth-order valence-corrected chi connectivity index (χ4v) is 1.88. The maximum atomic E-state index is 11.8. The molecular formula is C14H20N2O. The van der Waals surface area contributed by atoms with Crippen molar-refractivity contribution < 1.29 is 4.79 Å². The van der Waals surface area contributed by atoms with Crippen LogP contribution in [0.25, 0.3) is 0 Å². The predicted molar refractivity (Wildman–Crippen MR) is 68.9 cm³/mol. The summed E-state index contributed by atoms with van der Waals surface area (Å²) in [5.41, 5.74) is 1.27. The van der Waals surface area contributed by atoms with Crippen molar-refractivity contribution in [2.24, 2.45) is 0 Å². The molecule has 1 aromatic rings. The standard InChI is InChI=1S/C14H20N2O/c1-16(14(17)15-13-8-5-9-13)11-10-12-6-3-2-4-7-12/h2-4,6-7,13H,5,8-11H2,1H3,(H,15,17). The Bertz CT molecular complexity index is 360. The average molecular weight is 232 g/mol. The molecule has 0 saturated heterocycles. The maximum absolute atomic E-state index is 11.8. The molecule has 17 heavy (non-hydrogen) atoms. The van der Waals surface area contributed by atoms with Gasteiger partial charge in [0.1, 0.15) is 0 Å². The number of carbonyl (C=O) groups is 1. The van der Waals surface area contributed by atoms with Gasteiger partial charge in [-0.15, -0.1) is 0 Å². The smallest absolute Gasteiger partial charge is 0.317 e. The summed E-state index contributed by atoms with van der Waals surface area (Å²) in [6.45, 7) is 0.766. The van der Waals surface area contributed by atoms with E-state index in [1.165, 1.54) is 12.0 Å². The van der Waals surface area contributed by atoms with Crippen LogP contribution in [0.4, 0.5) is 4.79 Å². The summed E-state index contributed by atoms with van der Waals surface area (Å²) in [5.74, 6) is 0. The van der Waals surface area contributed by atoms with E-state index in [4.69, 9.17) is 0 Å². The Morgan fingerprint density at radius 1 is 1.35 bits per heavy atom. The van der Waals surface area contributed by atoms with Crippen LogP contribution in [0.5, 0.6) is 0 Å². The van der Waals surface area contributed by atoms with Gasteiger partial charge < -0.3 is 10.2 Å². The predicted octanol–water partition coefficient (Wildman–Crippen LogP) is 2.42. The lowest BCUT2D eigenvalue weighted by Crippen LogP contribution is -2.46. The molecule has 0 aliphatic heterocycles. The van der Waals surface area contributed by atoms with Crippen molar-refractivity contribution in [1.29, 1.82) is 0 Å². The minimum atomic E-state index is 0.0608. The SMILES string of the molecule is CN(CCc1ccccc1)C(=O)NC1CCC1. The zero-order chi connectivity index (χ0) is 12.1. The summed E-state index contributed by atoms with van der Waals surface area (Å²) in [6, 6.07) is 10.7. The van der Waals surface area contributed by atoms with E-state index >= 15 is 0 Å². The van der Waals surface area contributed by atoms with Gasteiger partial charge in [0.05, 0.1) is 0 Å². The fourth-order valence-electron chi connectivity index (χ4n) is 1.88. The van der Waals surface area contributed by atoms with Crippen molar-refractivity contribution in [1.82, 2.24) is 10.2 Å². The van der Waals surface area contributed by atoms with Crippen molar-refractivity contribution in [3.05, 3.63) is 35.9 Å². The Balaban J connectivity index is 1.72. The number of likely N-dealkylation sites (N-methyl/N-ethyl adjacent to an activating group) is 1. The molecule has 1 N–H and O–H groups in total. The topological polar surface area (TPSA) is 32.3 Å². The van der Waals surface area contributed by atoms with E-state index in [-0.39, 0.29) is 6.03 Å². The number of benzene rings is 1. The molecule has 0 aromatic heterocycles. The lowest BCUT2D eigenvalue weighted by atomic mass is 9.93.